The lowest BCUT2D eigenvalue weighted by Crippen LogP contribution is -2.09. The van der Waals surface area contributed by atoms with Crippen LogP contribution in [0.5, 0.6) is 0 Å². The number of aryl methyl sites for hydroxylation is 1. The molecule has 1 heterocycles. The first-order valence-corrected chi connectivity index (χ1v) is 8.72. The lowest BCUT2D eigenvalue weighted by Gasteiger charge is -2.12. The molecule has 0 radical (unpaired) electrons. The predicted octanol–water partition coefficient (Wildman–Crippen LogP) is 5.49. The third kappa shape index (κ3) is 4.84. The van der Waals surface area contributed by atoms with Gasteiger partial charge in [0.25, 0.3) is 0 Å². The Morgan fingerprint density at radius 2 is 1.64 bits per heavy atom. The van der Waals surface area contributed by atoms with Crippen molar-refractivity contribution in [1.82, 2.24) is 9.97 Å². The summed E-state index contributed by atoms with van der Waals surface area (Å²) in [6.45, 7) is 2.70. The quantitative estimate of drug-likeness (QED) is 0.600. The fourth-order valence-corrected chi connectivity index (χ4v) is 2.92. The van der Waals surface area contributed by atoms with Gasteiger partial charge in [0, 0.05) is 18.3 Å². The van der Waals surface area contributed by atoms with E-state index in [4.69, 9.17) is 23.2 Å². The monoisotopic (exact) mass is 372 g/mol. The molecule has 2 aromatic carbocycles. The van der Waals surface area contributed by atoms with Gasteiger partial charge in [-0.15, -0.1) is 0 Å². The van der Waals surface area contributed by atoms with Crippen molar-refractivity contribution in [1.29, 1.82) is 0 Å². The SMILES string of the molecule is Cc1cc(NCCc2ccccc2)nc(Nc2c(Cl)cccc2Cl)n1. The second kappa shape index (κ2) is 8.19. The van der Waals surface area contributed by atoms with Crippen molar-refractivity contribution in [2.45, 2.75) is 13.3 Å². The van der Waals surface area contributed by atoms with Crippen molar-refractivity contribution < 1.29 is 0 Å². The standard InChI is InChI=1S/C19H18Cl2N4/c1-13-12-17(22-11-10-14-6-3-2-4-7-14)24-19(23-13)25-18-15(20)8-5-9-16(18)21/h2-9,12H,10-11H2,1H3,(H2,22,23,24,25). The number of nitrogens with zero attached hydrogens (tertiary/aromatic N) is 2. The fraction of sp³-hybridized carbons (Fsp3) is 0.158. The summed E-state index contributed by atoms with van der Waals surface area (Å²) in [5, 5.41) is 7.48. The summed E-state index contributed by atoms with van der Waals surface area (Å²) in [5.41, 5.74) is 2.73. The van der Waals surface area contributed by atoms with Crippen LogP contribution in [0.25, 0.3) is 0 Å². The van der Waals surface area contributed by atoms with Crippen LogP contribution in [0, 0.1) is 6.92 Å². The molecule has 0 bridgehead atoms. The van der Waals surface area contributed by atoms with Gasteiger partial charge in [0.05, 0.1) is 15.7 Å². The highest BCUT2D eigenvalue weighted by Crippen LogP contribution is 2.31. The lowest BCUT2D eigenvalue weighted by molar-refractivity contribution is 0.995. The Morgan fingerprint density at radius 3 is 2.36 bits per heavy atom. The molecule has 0 fully saturated rings. The van der Waals surface area contributed by atoms with Crippen molar-refractivity contribution in [3.8, 4) is 0 Å². The molecule has 0 atom stereocenters. The summed E-state index contributed by atoms with van der Waals surface area (Å²) in [4.78, 5) is 8.89. The predicted molar refractivity (Wildman–Crippen MR) is 105 cm³/mol. The van der Waals surface area contributed by atoms with Gasteiger partial charge in [-0.25, -0.2) is 4.98 Å². The molecule has 0 aliphatic heterocycles. The van der Waals surface area contributed by atoms with E-state index in [2.05, 4.69) is 32.7 Å². The van der Waals surface area contributed by atoms with Crippen LogP contribution in [0.15, 0.2) is 54.6 Å². The van der Waals surface area contributed by atoms with E-state index in [9.17, 15) is 0 Å². The summed E-state index contributed by atoms with van der Waals surface area (Å²) >= 11 is 12.4. The molecule has 0 aliphatic carbocycles. The second-order valence-corrected chi connectivity index (χ2v) is 6.42. The van der Waals surface area contributed by atoms with E-state index in [1.54, 1.807) is 18.2 Å². The molecule has 3 aromatic rings. The number of aromatic nitrogens is 2. The maximum absolute atomic E-state index is 6.19. The first-order chi connectivity index (χ1) is 12.1. The zero-order chi connectivity index (χ0) is 17.6. The number of benzene rings is 2. The van der Waals surface area contributed by atoms with Crippen molar-refractivity contribution >= 4 is 40.7 Å². The Bertz CT molecular complexity index is 833. The molecule has 2 N–H and O–H groups in total. The minimum absolute atomic E-state index is 0.456. The molecule has 6 heteroatoms. The normalized spacial score (nSPS) is 10.5. The van der Waals surface area contributed by atoms with Crippen molar-refractivity contribution in [2.24, 2.45) is 0 Å². The van der Waals surface area contributed by atoms with Gasteiger partial charge in [-0.2, -0.15) is 4.98 Å². The molecule has 0 spiro atoms. The molecule has 0 saturated carbocycles. The van der Waals surface area contributed by atoms with E-state index < -0.39 is 0 Å². The molecule has 1 aromatic heterocycles. The summed E-state index contributed by atoms with van der Waals surface area (Å²) < 4.78 is 0. The topological polar surface area (TPSA) is 49.8 Å². The van der Waals surface area contributed by atoms with Crippen LogP contribution in [0.4, 0.5) is 17.5 Å². The first-order valence-electron chi connectivity index (χ1n) is 7.96. The summed E-state index contributed by atoms with van der Waals surface area (Å²) in [6.07, 6.45) is 0.920. The number of nitrogens with one attached hydrogen (secondary N) is 2. The maximum atomic E-state index is 6.19. The van der Waals surface area contributed by atoms with Gasteiger partial charge in [0.15, 0.2) is 0 Å². The van der Waals surface area contributed by atoms with Crippen LogP contribution >= 0.6 is 23.2 Å². The Hall–Kier alpha value is -2.30. The third-order valence-corrected chi connectivity index (χ3v) is 4.25. The molecular formula is C19H18Cl2N4. The molecule has 3 rings (SSSR count). The van der Waals surface area contributed by atoms with E-state index in [0.717, 1.165) is 24.5 Å². The summed E-state index contributed by atoms with van der Waals surface area (Å²) in [5.74, 6) is 1.21. The van der Waals surface area contributed by atoms with Crippen molar-refractivity contribution in [3.05, 3.63) is 75.9 Å². The third-order valence-electron chi connectivity index (χ3n) is 3.62. The van der Waals surface area contributed by atoms with Gasteiger partial charge in [-0.3, -0.25) is 0 Å². The zero-order valence-corrected chi connectivity index (χ0v) is 15.3. The Kier molecular flexibility index (Phi) is 5.74. The average Bonchev–Trinajstić information content (AvgIpc) is 2.59. The number of hydrogen-bond donors (Lipinski definition) is 2. The van der Waals surface area contributed by atoms with E-state index in [1.807, 2.05) is 31.2 Å². The Morgan fingerprint density at radius 1 is 0.920 bits per heavy atom. The highest BCUT2D eigenvalue weighted by Gasteiger charge is 2.08. The van der Waals surface area contributed by atoms with Gasteiger partial charge < -0.3 is 10.6 Å². The van der Waals surface area contributed by atoms with Gasteiger partial charge in [0.2, 0.25) is 5.95 Å². The zero-order valence-electron chi connectivity index (χ0n) is 13.8. The van der Waals surface area contributed by atoms with Crippen LogP contribution in [-0.4, -0.2) is 16.5 Å². The second-order valence-electron chi connectivity index (χ2n) is 5.60. The van der Waals surface area contributed by atoms with Gasteiger partial charge in [-0.1, -0.05) is 59.6 Å². The number of rotatable bonds is 6. The molecule has 0 amide bonds. The van der Waals surface area contributed by atoms with E-state index in [-0.39, 0.29) is 0 Å². The van der Waals surface area contributed by atoms with Gasteiger partial charge in [0.1, 0.15) is 5.82 Å². The minimum Gasteiger partial charge on any atom is -0.370 e. The van der Waals surface area contributed by atoms with Crippen LogP contribution < -0.4 is 10.6 Å². The number of para-hydroxylation sites is 1. The highest BCUT2D eigenvalue weighted by molar-refractivity contribution is 6.39. The van der Waals surface area contributed by atoms with Crippen molar-refractivity contribution in [3.63, 3.8) is 0 Å². The lowest BCUT2D eigenvalue weighted by atomic mass is 10.1. The van der Waals surface area contributed by atoms with Crippen molar-refractivity contribution in [2.75, 3.05) is 17.2 Å². The molecule has 0 aliphatic rings. The van der Waals surface area contributed by atoms with Crippen LogP contribution in [0.1, 0.15) is 11.3 Å². The molecule has 4 nitrogen and oxygen atoms in total. The fourth-order valence-electron chi connectivity index (χ4n) is 2.42. The Balaban J connectivity index is 1.70. The highest BCUT2D eigenvalue weighted by atomic mass is 35.5. The average molecular weight is 373 g/mol. The minimum atomic E-state index is 0.456. The van der Waals surface area contributed by atoms with E-state index >= 15 is 0 Å². The first kappa shape index (κ1) is 17.5. The largest absolute Gasteiger partial charge is 0.370 e. The van der Waals surface area contributed by atoms with E-state index in [0.29, 0.717) is 21.7 Å². The smallest absolute Gasteiger partial charge is 0.229 e. The molecule has 0 unspecified atom stereocenters. The van der Waals surface area contributed by atoms with Crippen LogP contribution in [0.3, 0.4) is 0 Å². The number of hydrogen-bond acceptors (Lipinski definition) is 4. The number of halogens is 2. The van der Waals surface area contributed by atoms with E-state index in [1.165, 1.54) is 5.56 Å². The Labute approximate surface area is 157 Å². The van der Waals surface area contributed by atoms with Gasteiger partial charge in [-0.05, 0) is 31.0 Å². The summed E-state index contributed by atoms with van der Waals surface area (Å²) in [7, 11) is 0. The van der Waals surface area contributed by atoms with Crippen LogP contribution in [0.2, 0.25) is 10.0 Å². The molecule has 128 valence electrons. The molecule has 25 heavy (non-hydrogen) atoms. The van der Waals surface area contributed by atoms with Crippen LogP contribution in [-0.2, 0) is 6.42 Å². The molecule has 0 saturated heterocycles. The molecular weight excluding hydrogens is 355 g/mol. The van der Waals surface area contributed by atoms with Gasteiger partial charge >= 0.3 is 0 Å². The maximum Gasteiger partial charge on any atom is 0.229 e. The summed E-state index contributed by atoms with van der Waals surface area (Å²) in [6, 6.07) is 17.6. The number of anilines is 3.